The molecule has 3 heteroatoms. The molecule has 0 saturated carbocycles. The summed E-state index contributed by atoms with van der Waals surface area (Å²) in [5.41, 5.74) is 1.13. The summed E-state index contributed by atoms with van der Waals surface area (Å²) in [6.07, 6.45) is 0.113. The van der Waals surface area contributed by atoms with Crippen LogP contribution in [0.15, 0.2) is 24.3 Å². The molecule has 1 aromatic rings. The lowest BCUT2D eigenvalue weighted by molar-refractivity contribution is -0.868. The van der Waals surface area contributed by atoms with E-state index >= 15 is 0 Å². The third-order valence-corrected chi connectivity index (χ3v) is 2.73. The van der Waals surface area contributed by atoms with Gasteiger partial charge in [-0.25, -0.2) is 0 Å². The topological polar surface area (TPSA) is 22.9 Å². The van der Waals surface area contributed by atoms with E-state index in [1.54, 1.807) is 7.11 Å². The maximum Gasteiger partial charge on any atom is 0.133 e. The quantitative estimate of drug-likeness (QED) is 0.711. The molecular weight excluding hydrogens is 190 g/mol. The van der Waals surface area contributed by atoms with Gasteiger partial charge in [-0.15, -0.1) is 0 Å². The Bertz CT molecular complexity index is 327. The van der Waals surface area contributed by atoms with Gasteiger partial charge in [0.1, 0.15) is 11.9 Å². The fourth-order valence-electron chi connectivity index (χ4n) is 1.90. The average Bonchev–Trinajstić information content (AvgIpc) is 2.29. The van der Waals surface area contributed by atoms with Crippen LogP contribution in [0.5, 0.6) is 5.75 Å². The van der Waals surface area contributed by atoms with Gasteiger partial charge in [-0.2, -0.15) is 7.05 Å². The molecule has 0 radical (unpaired) electrons. The lowest BCUT2D eigenvalue weighted by Gasteiger charge is -2.32. The minimum Gasteiger partial charge on any atom is -0.496 e. The number of rotatable bonds is 2. The molecule has 1 saturated heterocycles. The van der Waals surface area contributed by atoms with Crippen LogP contribution in [0.1, 0.15) is 11.7 Å². The molecule has 0 aliphatic carbocycles. The Hall–Kier alpha value is -1.06. The van der Waals surface area contributed by atoms with Crippen LogP contribution in [0, 0.1) is 7.05 Å². The number of hydrogen-bond acceptors (Lipinski definition) is 2. The van der Waals surface area contributed by atoms with E-state index < -0.39 is 0 Å². The Morgan fingerprint density at radius 3 is 3.00 bits per heavy atom. The van der Waals surface area contributed by atoms with Gasteiger partial charge in [0.15, 0.2) is 0 Å². The summed E-state index contributed by atoms with van der Waals surface area (Å²) in [6.45, 7) is 2.65. The molecule has 1 aromatic carbocycles. The van der Waals surface area contributed by atoms with E-state index in [9.17, 15) is 0 Å². The zero-order valence-corrected chi connectivity index (χ0v) is 9.03. The predicted octanol–water partition coefficient (Wildman–Crippen LogP) is 0.443. The van der Waals surface area contributed by atoms with E-state index in [0.717, 1.165) is 31.0 Å². The number of para-hydroxylation sites is 1. The average molecular weight is 207 g/mol. The zero-order chi connectivity index (χ0) is 10.7. The minimum atomic E-state index is 0.113. The monoisotopic (exact) mass is 207 g/mol. The molecular formula is C12H17NO2. The highest BCUT2D eigenvalue weighted by atomic mass is 16.5. The van der Waals surface area contributed by atoms with Gasteiger partial charge in [0, 0.05) is 5.56 Å². The first-order chi connectivity index (χ1) is 7.31. The molecule has 15 heavy (non-hydrogen) atoms. The summed E-state index contributed by atoms with van der Waals surface area (Å²) >= 11 is 0. The first kappa shape index (κ1) is 10.5. The van der Waals surface area contributed by atoms with E-state index in [2.05, 4.69) is 13.1 Å². The van der Waals surface area contributed by atoms with Crippen molar-refractivity contribution in [3.8, 4) is 5.75 Å². The van der Waals surface area contributed by atoms with E-state index in [4.69, 9.17) is 9.47 Å². The van der Waals surface area contributed by atoms with E-state index in [1.165, 1.54) is 4.90 Å². The molecule has 82 valence electrons. The summed E-state index contributed by atoms with van der Waals surface area (Å²) < 4.78 is 11.1. The lowest BCUT2D eigenvalue weighted by Crippen LogP contribution is -3.09. The van der Waals surface area contributed by atoms with Crippen LogP contribution < -0.4 is 9.64 Å². The molecule has 2 rings (SSSR count). The highest BCUT2D eigenvalue weighted by molar-refractivity contribution is 5.35. The van der Waals surface area contributed by atoms with Gasteiger partial charge in [0.2, 0.25) is 0 Å². The van der Waals surface area contributed by atoms with Crippen molar-refractivity contribution in [2.75, 3.05) is 26.8 Å². The van der Waals surface area contributed by atoms with Gasteiger partial charge in [-0.1, -0.05) is 18.2 Å². The van der Waals surface area contributed by atoms with Gasteiger partial charge in [-0.05, 0) is 6.07 Å². The van der Waals surface area contributed by atoms with Gasteiger partial charge in [0.25, 0.3) is 0 Å². The third kappa shape index (κ3) is 2.30. The van der Waals surface area contributed by atoms with Crippen LogP contribution in [0.3, 0.4) is 0 Å². The van der Waals surface area contributed by atoms with Gasteiger partial charge in [0.05, 0.1) is 26.8 Å². The fourth-order valence-corrected chi connectivity index (χ4v) is 1.90. The van der Waals surface area contributed by atoms with Crippen LogP contribution in [0.2, 0.25) is 0 Å². The number of benzene rings is 1. The summed E-state index contributed by atoms with van der Waals surface area (Å²) in [7, 11) is 5.72. The van der Waals surface area contributed by atoms with Crippen molar-refractivity contribution in [1.82, 2.24) is 0 Å². The standard InChI is InChI=1S/C12H17NO2/c1-13-7-8-15-12(9-13)10-5-3-4-6-11(10)14-2/h3-6,12-13H,1,7-9H2,2H3. The van der Waals surface area contributed by atoms with Crippen molar-refractivity contribution >= 4 is 0 Å². The molecule has 0 bridgehead atoms. The second kappa shape index (κ2) is 4.64. The van der Waals surface area contributed by atoms with Crippen molar-refractivity contribution in [3.63, 3.8) is 0 Å². The third-order valence-electron chi connectivity index (χ3n) is 2.73. The Labute approximate surface area is 90.6 Å². The molecule has 1 fully saturated rings. The number of quaternary nitrogens is 1. The summed E-state index contributed by atoms with van der Waals surface area (Å²) in [5.74, 6) is 0.900. The van der Waals surface area contributed by atoms with Gasteiger partial charge in [-0.3, -0.25) is 0 Å². The Morgan fingerprint density at radius 1 is 1.47 bits per heavy atom. The number of nitrogens with one attached hydrogen (secondary N) is 1. The summed E-state index contributed by atoms with van der Waals surface area (Å²) in [6, 6.07) is 8.01. The van der Waals surface area contributed by atoms with Gasteiger partial charge < -0.3 is 14.4 Å². The molecule has 0 amide bonds. The smallest absolute Gasteiger partial charge is 0.133 e. The predicted molar refractivity (Wildman–Crippen MR) is 57.7 cm³/mol. The van der Waals surface area contributed by atoms with E-state index in [1.807, 2.05) is 18.2 Å². The van der Waals surface area contributed by atoms with Crippen LogP contribution in [0.25, 0.3) is 0 Å². The zero-order valence-electron chi connectivity index (χ0n) is 9.03. The fraction of sp³-hybridized carbons (Fsp3) is 0.417. The summed E-state index contributed by atoms with van der Waals surface area (Å²) in [5, 5.41) is 0. The van der Waals surface area contributed by atoms with Crippen LogP contribution >= 0.6 is 0 Å². The SMILES string of the molecule is [CH2-][NH+]1CCOC(c2ccccc2OC)C1. The van der Waals surface area contributed by atoms with Crippen molar-refractivity contribution < 1.29 is 14.4 Å². The van der Waals surface area contributed by atoms with Crippen molar-refractivity contribution in [2.24, 2.45) is 0 Å². The van der Waals surface area contributed by atoms with E-state index in [0.29, 0.717) is 0 Å². The largest absolute Gasteiger partial charge is 0.496 e. The Kier molecular flexibility index (Phi) is 3.23. The van der Waals surface area contributed by atoms with Crippen molar-refractivity contribution in [2.45, 2.75) is 6.10 Å². The second-order valence-corrected chi connectivity index (χ2v) is 3.81. The molecule has 1 aliphatic heterocycles. The summed E-state index contributed by atoms with van der Waals surface area (Å²) in [4.78, 5) is 1.26. The molecule has 3 nitrogen and oxygen atoms in total. The molecule has 0 spiro atoms. The molecule has 2 atom stereocenters. The first-order valence-corrected chi connectivity index (χ1v) is 5.22. The normalized spacial score (nSPS) is 26.3. The molecule has 1 N–H and O–H groups in total. The van der Waals surface area contributed by atoms with Crippen molar-refractivity contribution in [3.05, 3.63) is 36.9 Å². The minimum absolute atomic E-state index is 0.113. The molecule has 2 unspecified atom stereocenters. The van der Waals surface area contributed by atoms with Crippen LogP contribution in [-0.2, 0) is 4.74 Å². The highest BCUT2D eigenvalue weighted by Gasteiger charge is 2.22. The lowest BCUT2D eigenvalue weighted by atomic mass is 10.1. The Balaban J connectivity index is 2.20. The van der Waals surface area contributed by atoms with Crippen LogP contribution in [-0.4, -0.2) is 26.8 Å². The number of methoxy groups -OCH3 is 1. The number of hydrogen-bond donors (Lipinski definition) is 1. The van der Waals surface area contributed by atoms with Crippen molar-refractivity contribution in [1.29, 1.82) is 0 Å². The maximum atomic E-state index is 5.74. The molecule has 0 aromatic heterocycles. The molecule has 1 heterocycles. The van der Waals surface area contributed by atoms with Crippen LogP contribution in [0.4, 0.5) is 0 Å². The second-order valence-electron chi connectivity index (χ2n) is 3.81. The van der Waals surface area contributed by atoms with Gasteiger partial charge >= 0.3 is 0 Å². The maximum absolute atomic E-state index is 5.74. The number of ether oxygens (including phenoxy) is 2. The Morgan fingerprint density at radius 2 is 2.27 bits per heavy atom. The molecule has 1 aliphatic rings. The number of morpholine rings is 1. The first-order valence-electron chi connectivity index (χ1n) is 5.22. The highest BCUT2D eigenvalue weighted by Crippen LogP contribution is 2.26. The van der Waals surface area contributed by atoms with E-state index in [-0.39, 0.29) is 6.10 Å².